The maximum absolute atomic E-state index is 13.4. The number of likely N-dealkylation sites (N-methyl/N-ethyl adjacent to an activating group) is 1. The number of rotatable bonds is 12. The molecule has 0 fully saturated rings. The van der Waals surface area contributed by atoms with Crippen LogP contribution < -0.4 is 15.8 Å². The largest absolute Gasteiger partial charge is 0.481 e. The summed E-state index contributed by atoms with van der Waals surface area (Å²) in [6.45, 7) is 5.47. The molecular weight excluding hydrogens is 520 g/mol. The Morgan fingerprint density at radius 2 is 1.61 bits per heavy atom. The van der Waals surface area contributed by atoms with Crippen LogP contribution in [-0.2, 0) is 17.6 Å². The quantitative estimate of drug-likeness (QED) is 0.260. The zero-order chi connectivity index (χ0) is 30.2. The van der Waals surface area contributed by atoms with Gasteiger partial charge in [-0.1, -0.05) is 81.4 Å². The highest BCUT2D eigenvalue weighted by Gasteiger charge is 2.38. The number of carboxylic acid groups (broad SMARTS) is 1. The van der Waals surface area contributed by atoms with Gasteiger partial charge in [-0.2, -0.15) is 0 Å². The van der Waals surface area contributed by atoms with E-state index in [9.17, 15) is 19.8 Å². The first-order valence-electron chi connectivity index (χ1n) is 13.7. The Kier molecular flexibility index (Phi) is 10.9. The standard InChI is InChI=1S/C32H42N4O5/c1-32(2,3)29(36(4)31(39)40)30(38)34-24(18-21-10-7-6-8-11-21)20-27(37)25(33)19-22-14-16-23(17-15-22)26-12-9-13-28(35-26)41-5/h6-17,24-25,27,29,37H,18-20,33H2,1-5H3,(H,34,38)(H,39,40)/t24-,25-,27-,29+/m0/s1. The third kappa shape index (κ3) is 9.03. The van der Waals surface area contributed by atoms with Gasteiger partial charge in [-0.3, -0.25) is 9.69 Å². The van der Waals surface area contributed by atoms with Crippen molar-refractivity contribution in [1.82, 2.24) is 15.2 Å². The fourth-order valence-corrected chi connectivity index (χ4v) is 5.01. The van der Waals surface area contributed by atoms with E-state index < -0.39 is 41.6 Å². The highest BCUT2D eigenvalue weighted by molar-refractivity contribution is 5.86. The molecule has 5 N–H and O–H groups in total. The van der Waals surface area contributed by atoms with Crippen LogP contribution in [-0.4, -0.2) is 70.5 Å². The summed E-state index contributed by atoms with van der Waals surface area (Å²) in [5.41, 5.74) is 9.48. The van der Waals surface area contributed by atoms with Gasteiger partial charge in [0.1, 0.15) is 6.04 Å². The number of aromatic nitrogens is 1. The summed E-state index contributed by atoms with van der Waals surface area (Å²) in [4.78, 5) is 30.6. The van der Waals surface area contributed by atoms with Crippen LogP contribution in [0.15, 0.2) is 72.8 Å². The van der Waals surface area contributed by atoms with Gasteiger partial charge in [-0.05, 0) is 41.9 Å². The van der Waals surface area contributed by atoms with E-state index in [4.69, 9.17) is 10.5 Å². The van der Waals surface area contributed by atoms with Crippen molar-refractivity contribution in [2.45, 2.75) is 64.3 Å². The Morgan fingerprint density at radius 1 is 0.976 bits per heavy atom. The van der Waals surface area contributed by atoms with Gasteiger partial charge in [0, 0.05) is 30.8 Å². The van der Waals surface area contributed by atoms with E-state index in [1.165, 1.54) is 7.05 Å². The average molecular weight is 563 g/mol. The van der Waals surface area contributed by atoms with E-state index >= 15 is 0 Å². The Balaban J connectivity index is 1.72. The van der Waals surface area contributed by atoms with Crippen LogP contribution in [0.4, 0.5) is 4.79 Å². The molecule has 9 nitrogen and oxygen atoms in total. The number of nitrogens with one attached hydrogen (secondary N) is 1. The number of ether oxygens (including phenoxy) is 1. The number of pyridine rings is 1. The molecule has 3 rings (SSSR count). The normalized spacial score (nSPS) is 14.4. The van der Waals surface area contributed by atoms with Crippen molar-refractivity contribution in [1.29, 1.82) is 0 Å². The lowest BCUT2D eigenvalue weighted by atomic mass is 9.84. The number of aliphatic hydroxyl groups is 1. The van der Waals surface area contributed by atoms with E-state index in [0.717, 1.165) is 27.3 Å². The fourth-order valence-electron chi connectivity index (χ4n) is 5.01. The van der Waals surface area contributed by atoms with E-state index in [1.807, 2.05) is 87.5 Å². The Morgan fingerprint density at radius 3 is 2.20 bits per heavy atom. The number of nitrogens with two attached hydrogens (primary N) is 1. The molecule has 0 saturated carbocycles. The topological polar surface area (TPSA) is 138 Å². The van der Waals surface area contributed by atoms with Crippen LogP contribution in [0, 0.1) is 5.41 Å². The van der Waals surface area contributed by atoms with Crippen LogP contribution in [0.5, 0.6) is 5.88 Å². The highest BCUT2D eigenvalue weighted by Crippen LogP contribution is 2.25. The molecule has 0 spiro atoms. The molecule has 0 saturated heterocycles. The van der Waals surface area contributed by atoms with Crippen LogP contribution in [0.25, 0.3) is 11.3 Å². The van der Waals surface area contributed by atoms with Gasteiger partial charge >= 0.3 is 6.09 Å². The van der Waals surface area contributed by atoms with Gasteiger partial charge in [0.05, 0.1) is 18.9 Å². The van der Waals surface area contributed by atoms with Gasteiger partial charge in [-0.25, -0.2) is 9.78 Å². The van der Waals surface area contributed by atoms with Crippen molar-refractivity contribution >= 4 is 12.0 Å². The number of nitrogens with zero attached hydrogens (tertiary/aromatic N) is 2. The Hall–Kier alpha value is -3.95. The number of benzene rings is 2. The van der Waals surface area contributed by atoms with E-state index in [-0.39, 0.29) is 6.42 Å². The zero-order valence-corrected chi connectivity index (χ0v) is 24.4. The molecule has 9 heteroatoms. The molecule has 0 radical (unpaired) electrons. The summed E-state index contributed by atoms with van der Waals surface area (Å²) < 4.78 is 5.21. The zero-order valence-electron chi connectivity index (χ0n) is 24.4. The molecule has 0 bridgehead atoms. The Labute approximate surface area is 242 Å². The van der Waals surface area contributed by atoms with Crippen LogP contribution in [0.2, 0.25) is 0 Å². The SMILES string of the molecule is COc1cccc(-c2ccc(C[C@H](N)[C@@H](O)C[C@H](Cc3ccccc3)NC(=O)[C@@H](N(C)C(=O)O)C(C)(C)C)cc2)n1. The third-order valence-corrected chi connectivity index (χ3v) is 7.10. The first-order valence-corrected chi connectivity index (χ1v) is 13.7. The summed E-state index contributed by atoms with van der Waals surface area (Å²) in [7, 11) is 2.97. The number of aliphatic hydroxyl groups excluding tert-OH is 1. The molecule has 3 aromatic rings. The number of hydrogen-bond donors (Lipinski definition) is 4. The lowest BCUT2D eigenvalue weighted by Gasteiger charge is -2.36. The first-order chi connectivity index (χ1) is 19.4. The minimum atomic E-state index is -1.19. The second-order valence-corrected chi connectivity index (χ2v) is 11.5. The molecule has 0 aliphatic carbocycles. The molecule has 0 aliphatic rings. The maximum atomic E-state index is 13.4. The van der Waals surface area contributed by atoms with Crippen molar-refractivity contribution in [2.24, 2.45) is 11.1 Å². The monoisotopic (exact) mass is 562 g/mol. The minimum Gasteiger partial charge on any atom is -0.481 e. The van der Waals surface area contributed by atoms with E-state index in [2.05, 4.69) is 10.3 Å². The molecule has 4 atom stereocenters. The highest BCUT2D eigenvalue weighted by atomic mass is 16.5. The molecule has 0 aliphatic heterocycles. The average Bonchev–Trinajstić information content (AvgIpc) is 2.93. The number of carbonyl (C=O) groups is 2. The van der Waals surface area contributed by atoms with Crippen LogP contribution >= 0.6 is 0 Å². The van der Waals surface area contributed by atoms with Gasteiger partial charge < -0.3 is 26.0 Å². The molecule has 0 unspecified atom stereocenters. The second-order valence-electron chi connectivity index (χ2n) is 11.5. The lowest BCUT2D eigenvalue weighted by Crippen LogP contribution is -2.56. The summed E-state index contributed by atoms with van der Waals surface area (Å²) in [6.07, 6.45) is -0.984. The van der Waals surface area contributed by atoms with Gasteiger partial charge in [-0.15, -0.1) is 0 Å². The summed E-state index contributed by atoms with van der Waals surface area (Å²) in [5, 5.41) is 23.7. The lowest BCUT2D eigenvalue weighted by molar-refractivity contribution is -0.129. The first kappa shape index (κ1) is 31.6. The van der Waals surface area contributed by atoms with Crippen molar-refractivity contribution in [3.05, 3.63) is 83.9 Å². The number of carbonyl (C=O) groups excluding carboxylic acids is 1. The van der Waals surface area contributed by atoms with E-state index in [1.54, 1.807) is 13.2 Å². The smallest absolute Gasteiger partial charge is 0.407 e. The van der Waals surface area contributed by atoms with Gasteiger partial charge in [0.2, 0.25) is 11.8 Å². The predicted molar refractivity (Wildman–Crippen MR) is 160 cm³/mol. The van der Waals surface area contributed by atoms with E-state index in [0.29, 0.717) is 18.7 Å². The van der Waals surface area contributed by atoms with Crippen molar-refractivity contribution < 1.29 is 24.5 Å². The van der Waals surface area contributed by atoms with Crippen molar-refractivity contribution in [3.63, 3.8) is 0 Å². The minimum absolute atomic E-state index is 0.210. The molecular formula is C32H42N4O5. The molecule has 1 aromatic heterocycles. The fraction of sp³-hybridized carbons (Fsp3) is 0.406. The molecule has 41 heavy (non-hydrogen) atoms. The Bertz CT molecular complexity index is 1280. The third-order valence-electron chi connectivity index (χ3n) is 7.10. The molecule has 220 valence electrons. The number of hydrogen-bond acceptors (Lipinski definition) is 6. The van der Waals surface area contributed by atoms with Gasteiger partial charge in [0.15, 0.2) is 0 Å². The summed E-state index contributed by atoms with van der Waals surface area (Å²) >= 11 is 0. The number of methoxy groups -OCH3 is 1. The maximum Gasteiger partial charge on any atom is 0.407 e. The second kappa shape index (κ2) is 14.1. The summed E-state index contributed by atoms with van der Waals surface area (Å²) in [5.74, 6) is 0.128. The van der Waals surface area contributed by atoms with Crippen molar-refractivity contribution in [3.8, 4) is 17.1 Å². The molecule has 2 amide bonds. The molecule has 2 aromatic carbocycles. The predicted octanol–water partition coefficient (Wildman–Crippen LogP) is 4.13. The number of amides is 2. The van der Waals surface area contributed by atoms with Gasteiger partial charge in [0.25, 0.3) is 0 Å². The van der Waals surface area contributed by atoms with Crippen molar-refractivity contribution in [2.75, 3.05) is 14.2 Å². The molecule has 1 heterocycles. The van der Waals surface area contributed by atoms with Crippen LogP contribution in [0.3, 0.4) is 0 Å². The van der Waals surface area contributed by atoms with Crippen LogP contribution in [0.1, 0.15) is 38.3 Å². The summed E-state index contributed by atoms with van der Waals surface area (Å²) in [6, 6.07) is 21.1.